The molecule has 0 spiro atoms. The van der Waals surface area contributed by atoms with Crippen molar-refractivity contribution in [1.82, 2.24) is 10.2 Å². The SMILES string of the molecule is Cc1cc(CNC(=O)N2CCC[C@@H](C3(C)OCCO3)C2)ccc1F. The average molecular weight is 336 g/mol. The van der Waals surface area contributed by atoms with Crippen LogP contribution in [0.2, 0.25) is 0 Å². The summed E-state index contributed by atoms with van der Waals surface area (Å²) >= 11 is 0. The second kappa shape index (κ2) is 7.07. The Morgan fingerprint density at radius 2 is 2.17 bits per heavy atom. The van der Waals surface area contributed by atoms with E-state index < -0.39 is 5.79 Å². The highest BCUT2D eigenvalue weighted by molar-refractivity contribution is 5.74. The van der Waals surface area contributed by atoms with E-state index in [1.807, 2.05) is 11.8 Å². The van der Waals surface area contributed by atoms with Gasteiger partial charge in [-0.05, 0) is 43.9 Å². The number of likely N-dealkylation sites (tertiary alicyclic amines) is 1. The summed E-state index contributed by atoms with van der Waals surface area (Å²) in [6, 6.07) is 4.80. The van der Waals surface area contributed by atoms with Crippen molar-refractivity contribution in [1.29, 1.82) is 0 Å². The molecule has 2 fully saturated rings. The Morgan fingerprint density at radius 3 is 2.88 bits per heavy atom. The minimum atomic E-state index is -0.576. The highest BCUT2D eigenvalue weighted by atomic mass is 19.1. The molecule has 1 N–H and O–H groups in total. The lowest BCUT2D eigenvalue weighted by atomic mass is 9.90. The molecule has 2 aliphatic heterocycles. The molecular weight excluding hydrogens is 311 g/mol. The fourth-order valence-corrected chi connectivity index (χ4v) is 3.46. The van der Waals surface area contributed by atoms with Gasteiger partial charge >= 0.3 is 6.03 Å². The number of amides is 2. The maximum atomic E-state index is 13.3. The van der Waals surface area contributed by atoms with E-state index in [9.17, 15) is 9.18 Å². The lowest BCUT2D eigenvalue weighted by molar-refractivity contribution is -0.189. The second-order valence-electron chi connectivity index (χ2n) is 6.74. The van der Waals surface area contributed by atoms with Crippen molar-refractivity contribution in [2.75, 3.05) is 26.3 Å². The van der Waals surface area contributed by atoms with Gasteiger partial charge in [-0.2, -0.15) is 0 Å². The summed E-state index contributed by atoms with van der Waals surface area (Å²) < 4.78 is 24.8. The Balaban J connectivity index is 1.55. The van der Waals surface area contributed by atoms with Crippen LogP contribution in [-0.2, 0) is 16.0 Å². The third-order valence-electron chi connectivity index (χ3n) is 4.98. The van der Waals surface area contributed by atoms with Gasteiger partial charge in [0, 0.05) is 25.6 Å². The monoisotopic (exact) mass is 336 g/mol. The highest BCUT2D eigenvalue weighted by Crippen LogP contribution is 2.34. The maximum Gasteiger partial charge on any atom is 0.317 e. The number of carbonyl (C=O) groups excluding carboxylic acids is 1. The van der Waals surface area contributed by atoms with E-state index in [0.717, 1.165) is 24.9 Å². The predicted molar refractivity (Wildman–Crippen MR) is 88.0 cm³/mol. The van der Waals surface area contributed by atoms with E-state index >= 15 is 0 Å². The Hall–Kier alpha value is -1.66. The van der Waals surface area contributed by atoms with Gasteiger partial charge in [-0.3, -0.25) is 0 Å². The summed E-state index contributed by atoms with van der Waals surface area (Å²) in [6.45, 7) is 6.68. The first-order chi connectivity index (χ1) is 11.5. The maximum absolute atomic E-state index is 13.3. The van der Waals surface area contributed by atoms with Crippen molar-refractivity contribution in [2.45, 2.75) is 39.0 Å². The molecule has 1 aromatic carbocycles. The molecule has 132 valence electrons. The van der Waals surface area contributed by atoms with Gasteiger partial charge in [-0.1, -0.05) is 12.1 Å². The number of hydrogen-bond acceptors (Lipinski definition) is 3. The van der Waals surface area contributed by atoms with Crippen molar-refractivity contribution in [3.8, 4) is 0 Å². The highest BCUT2D eigenvalue weighted by Gasteiger charge is 2.42. The van der Waals surface area contributed by atoms with E-state index in [1.165, 1.54) is 6.07 Å². The molecule has 0 aliphatic carbocycles. The van der Waals surface area contributed by atoms with Crippen LogP contribution in [0.4, 0.5) is 9.18 Å². The van der Waals surface area contributed by atoms with Gasteiger partial charge in [-0.15, -0.1) is 0 Å². The van der Waals surface area contributed by atoms with Crippen LogP contribution in [0.25, 0.3) is 0 Å². The molecule has 1 atom stereocenters. The minimum Gasteiger partial charge on any atom is -0.347 e. The zero-order valence-corrected chi connectivity index (χ0v) is 14.3. The Labute approximate surface area is 142 Å². The molecule has 0 bridgehead atoms. The Kier molecular flexibility index (Phi) is 5.06. The number of halogens is 1. The number of ether oxygens (including phenoxy) is 2. The first-order valence-electron chi connectivity index (χ1n) is 8.54. The second-order valence-corrected chi connectivity index (χ2v) is 6.74. The lowest BCUT2D eigenvalue weighted by Crippen LogP contribution is -2.51. The zero-order chi connectivity index (χ0) is 17.2. The van der Waals surface area contributed by atoms with Crippen LogP contribution in [0.1, 0.15) is 30.9 Å². The third kappa shape index (κ3) is 3.70. The summed E-state index contributed by atoms with van der Waals surface area (Å²) in [6.07, 6.45) is 1.94. The summed E-state index contributed by atoms with van der Waals surface area (Å²) in [5.74, 6) is -0.617. The number of carbonyl (C=O) groups is 1. The molecule has 1 aromatic rings. The van der Waals surface area contributed by atoms with E-state index in [0.29, 0.717) is 31.9 Å². The summed E-state index contributed by atoms with van der Waals surface area (Å²) in [7, 11) is 0. The number of aryl methyl sites for hydroxylation is 1. The van der Waals surface area contributed by atoms with Gasteiger partial charge in [0.05, 0.1) is 13.2 Å². The summed E-state index contributed by atoms with van der Waals surface area (Å²) in [5.41, 5.74) is 1.48. The van der Waals surface area contributed by atoms with Gasteiger partial charge in [0.1, 0.15) is 5.82 Å². The fourth-order valence-electron chi connectivity index (χ4n) is 3.46. The molecular formula is C18H25FN2O3. The molecule has 2 saturated heterocycles. The van der Waals surface area contributed by atoms with E-state index in [1.54, 1.807) is 19.1 Å². The molecule has 0 aromatic heterocycles. The van der Waals surface area contributed by atoms with Crippen LogP contribution in [-0.4, -0.2) is 43.0 Å². The van der Waals surface area contributed by atoms with Crippen LogP contribution in [0.3, 0.4) is 0 Å². The van der Waals surface area contributed by atoms with Crippen molar-refractivity contribution in [3.63, 3.8) is 0 Å². The van der Waals surface area contributed by atoms with Gasteiger partial charge in [0.25, 0.3) is 0 Å². The minimum absolute atomic E-state index is 0.0942. The molecule has 0 radical (unpaired) electrons. The fraction of sp³-hybridized carbons (Fsp3) is 0.611. The smallest absolute Gasteiger partial charge is 0.317 e. The molecule has 3 rings (SSSR count). The summed E-state index contributed by atoms with van der Waals surface area (Å²) in [4.78, 5) is 14.3. The number of rotatable bonds is 3. The number of benzene rings is 1. The molecule has 5 nitrogen and oxygen atoms in total. The number of nitrogens with one attached hydrogen (secondary N) is 1. The zero-order valence-electron chi connectivity index (χ0n) is 14.3. The molecule has 2 amide bonds. The van der Waals surface area contributed by atoms with Crippen LogP contribution >= 0.6 is 0 Å². The van der Waals surface area contributed by atoms with Crippen LogP contribution in [0.5, 0.6) is 0 Å². The van der Waals surface area contributed by atoms with Gasteiger partial charge in [0.15, 0.2) is 5.79 Å². The van der Waals surface area contributed by atoms with Crippen molar-refractivity contribution >= 4 is 6.03 Å². The standard InChI is InChI=1S/C18H25FN2O3/c1-13-10-14(5-6-16(13)19)11-20-17(22)21-7-3-4-15(12-21)18(2)23-8-9-24-18/h5-6,10,15H,3-4,7-9,11-12H2,1-2H3,(H,20,22)/t15-/m1/s1. The largest absolute Gasteiger partial charge is 0.347 e. The quantitative estimate of drug-likeness (QED) is 0.923. The molecule has 0 saturated carbocycles. The summed E-state index contributed by atoms with van der Waals surface area (Å²) in [5, 5.41) is 2.92. The van der Waals surface area contributed by atoms with E-state index in [4.69, 9.17) is 9.47 Å². The van der Waals surface area contributed by atoms with Crippen LogP contribution < -0.4 is 5.32 Å². The van der Waals surface area contributed by atoms with Gasteiger partial charge < -0.3 is 19.7 Å². The first kappa shape index (κ1) is 17.2. The molecule has 0 unspecified atom stereocenters. The van der Waals surface area contributed by atoms with Crippen molar-refractivity contribution < 1.29 is 18.7 Å². The predicted octanol–water partition coefficient (Wildman–Crippen LogP) is 2.82. The first-order valence-corrected chi connectivity index (χ1v) is 8.54. The Morgan fingerprint density at radius 1 is 1.42 bits per heavy atom. The number of piperidine rings is 1. The van der Waals surface area contributed by atoms with Crippen LogP contribution in [0, 0.1) is 18.7 Å². The average Bonchev–Trinajstić information content (AvgIpc) is 3.04. The third-order valence-corrected chi connectivity index (χ3v) is 4.98. The lowest BCUT2D eigenvalue weighted by Gasteiger charge is -2.39. The Bertz CT molecular complexity index is 602. The van der Waals surface area contributed by atoms with E-state index in [2.05, 4.69) is 5.32 Å². The number of urea groups is 1. The van der Waals surface area contributed by atoms with Crippen LogP contribution in [0.15, 0.2) is 18.2 Å². The molecule has 24 heavy (non-hydrogen) atoms. The number of nitrogens with zero attached hydrogens (tertiary/aromatic N) is 1. The van der Waals surface area contributed by atoms with Gasteiger partial charge in [-0.25, -0.2) is 9.18 Å². The normalized spacial score (nSPS) is 23.3. The molecule has 6 heteroatoms. The van der Waals surface area contributed by atoms with Gasteiger partial charge in [0.2, 0.25) is 0 Å². The van der Waals surface area contributed by atoms with Crippen molar-refractivity contribution in [2.24, 2.45) is 5.92 Å². The molecule has 2 heterocycles. The van der Waals surface area contributed by atoms with E-state index in [-0.39, 0.29) is 17.8 Å². The molecule has 2 aliphatic rings. The van der Waals surface area contributed by atoms with Crippen molar-refractivity contribution in [3.05, 3.63) is 35.1 Å². The number of hydrogen-bond donors (Lipinski definition) is 1. The topological polar surface area (TPSA) is 50.8 Å².